The third-order valence-corrected chi connectivity index (χ3v) is 4.93. The van der Waals surface area contributed by atoms with Gasteiger partial charge in [-0.05, 0) is 84.2 Å². The van der Waals surface area contributed by atoms with Crippen molar-refractivity contribution in [1.29, 1.82) is 0 Å². The van der Waals surface area contributed by atoms with Gasteiger partial charge in [0.1, 0.15) is 5.60 Å². The quantitative estimate of drug-likeness (QED) is 0.659. The van der Waals surface area contributed by atoms with Gasteiger partial charge < -0.3 is 21.1 Å². The van der Waals surface area contributed by atoms with E-state index in [4.69, 9.17) is 10.5 Å². The molecule has 2 aliphatic carbocycles. The number of amides is 1. The van der Waals surface area contributed by atoms with Crippen LogP contribution in [0.25, 0.3) is 0 Å². The van der Waals surface area contributed by atoms with Gasteiger partial charge in [-0.3, -0.25) is 0 Å². The van der Waals surface area contributed by atoms with E-state index in [9.17, 15) is 4.79 Å². The number of alkyl carbamates (subject to hydrolysis) is 1. The van der Waals surface area contributed by atoms with Gasteiger partial charge in [0.15, 0.2) is 0 Å². The maximum Gasteiger partial charge on any atom is 0.407 e. The number of nitrogens with one attached hydrogen (secondary N) is 2. The van der Waals surface area contributed by atoms with Crippen LogP contribution in [0, 0.1) is 5.41 Å². The van der Waals surface area contributed by atoms with Gasteiger partial charge in [0.05, 0.1) is 0 Å². The molecule has 5 nitrogen and oxygen atoms in total. The first-order valence-corrected chi connectivity index (χ1v) is 8.78. The van der Waals surface area contributed by atoms with Crippen molar-refractivity contribution < 1.29 is 9.53 Å². The molecule has 0 radical (unpaired) electrons. The smallest absolute Gasteiger partial charge is 0.407 e. The highest BCUT2D eigenvalue weighted by Crippen LogP contribution is 2.56. The van der Waals surface area contributed by atoms with E-state index in [0.29, 0.717) is 17.5 Å². The maximum atomic E-state index is 11.8. The summed E-state index contributed by atoms with van der Waals surface area (Å²) in [5.74, 6) is 0. The van der Waals surface area contributed by atoms with Gasteiger partial charge in [-0.1, -0.05) is 0 Å². The second-order valence-electron chi connectivity index (χ2n) is 7.99. The summed E-state index contributed by atoms with van der Waals surface area (Å²) in [6.07, 6.45) is 7.98. The second-order valence-corrected chi connectivity index (χ2v) is 7.99. The molecule has 2 rings (SSSR count). The molecule has 1 atom stereocenters. The largest absolute Gasteiger partial charge is 0.444 e. The van der Waals surface area contributed by atoms with Gasteiger partial charge in [0, 0.05) is 12.1 Å². The maximum absolute atomic E-state index is 11.8. The summed E-state index contributed by atoms with van der Waals surface area (Å²) in [5, 5.41) is 6.69. The summed E-state index contributed by atoms with van der Waals surface area (Å²) in [6.45, 7) is 7.56. The van der Waals surface area contributed by atoms with Crippen LogP contribution in [-0.2, 0) is 4.74 Å². The van der Waals surface area contributed by atoms with E-state index in [0.717, 1.165) is 25.9 Å². The molecule has 1 spiro atoms. The van der Waals surface area contributed by atoms with Crippen molar-refractivity contribution >= 4 is 6.09 Å². The van der Waals surface area contributed by atoms with E-state index < -0.39 is 5.60 Å². The van der Waals surface area contributed by atoms with Crippen molar-refractivity contribution in [3.8, 4) is 0 Å². The highest BCUT2D eigenvalue weighted by molar-refractivity contribution is 5.68. The lowest BCUT2D eigenvalue weighted by Crippen LogP contribution is -2.39. The number of hydrogen-bond acceptors (Lipinski definition) is 4. The van der Waals surface area contributed by atoms with Gasteiger partial charge in [-0.15, -0.1) is 0 Å². The first-order chi connectivity index (χ1) is 10.3. The Morgan fingerprint density at radius 2 is 1.95 bits per heavy atom. The van der Waals surface area contributed by atoms with E-state index >= 15 is 0 Å². The minimum absolute atomic E-state index is 0.267. The Morgan fingerprint density at radius 1 is 1.27 bits per heavy atom. The summed E-state index contributed by atoms with van der Waals surface area (Å²) in [4.78, 5) is 11.8. The average molecular weight is 311 g/mol. The molecule has 0 aromatic carbocycles. The molecule has 22 heavy (non-hydrogen) atoms. The van der Waals surface area contributed by atoms with Crippen LogP contribution in [0.1, 0.15) is 65.7 Å². The molecule has 4 N–H and O–H groups in total. The summed E-state index contributed by atoms with van der Waals surface area (Å²) in [7, 11) is 0. The number of nitrogens with two attached hydrogens (primary N) is 1. The number of rotatable bonds is 6. The fourth-order valence-corrected chi connectivity index (χ4v) is 3.53. The predicted octanol–water partition coefficient (Wildman–Crippen LogP) is 2.54. The fourth-order valence-electron chi connectivity index (χ4n) is 3.53. The zero-order chi connectivity index (χ0) is 16.2. The van der Waals surface area contributed by atoms with E-state index in [-0.39, 0.29) is 6.09 Å². The van der Waals surface area contributed by atoms with E-state index in [1.807, 2.05) is 20.8 Å². The Bertz CT molecular complexity index is 371. The lowest BCUT2D eigenvalue weighted by Gasteiger charge is -2.30. The van der Waals surface area contributed by atoms with Gasteiger partial charge >= 0.3 is 6.09 Å². The molecule has 0 heterocycles. The minimum Gasteiger partial charge on any atom is -0.444 e. The Morgan fingerprint density at radius 3 is 2.55 bits per heavy atom. The highest BCUT2D eigenvalue weighted by Gasteiger charge is 2.55. The first-order valence-electron chi connectivity index (χ1n) is 8.78. The molecule has 2 aliphatic rings. The molecule has 128 valence electrons. The summed E-state index contributed by atoms with van der Waals surface area (Å²) < 4.78 is 5.35. The Kier molecular flexibility index (Phi) is 5.72. The molecular weight excluding hydrogens is 278 g/mol. The summed E-state index contributed by atoms with van der Waals surface area (Å²) >= 11 is 0. The molecule has 2 fully saturated rings. The molecule has 2 saturated carbocycles. The molecule has 0 bridgehead atoms. The van der Waals surface area contributed by atoms with E-state index in [1.54, 1.807) is 0 Å². The molecule has 1 amide bonds. The van der Waals surface area contributed by atoms with Crippen LogP contribution in [0.3, 0.4) is 0 Å². The zero-order valence-corrected chi connectivity index (χ0v) is 14.4. The molecule has 0 aromatic rings. The number of carbonyl (C=O) groups excluding carboxylic acids is 1. The Labute approximate surface area is 134 Å². The van der Waals surface area contributed by atoms with Crippen molar-refractivity contribution in [3.63, 3.8) is 0 Å². The van der Waals surface area contributed by atoms with Crippen LogP contribution in [-0.4, -0.2) is 36.9 Å². The van der Waals surface area contributed by atoms with Gasteiger partial charge in [-0.2, -0.15) is 0 Å². The normalized spacial score (nSPS) is 31.1. The zero-order valence-electron chi connectivity index (χ0n) is 14.4. The number of ether oxygens (including phenoxy) is 1. The molecule has 5 heteroatoms. The van der Waals surface area contributed by atoms with Gasteiger partial charge in [0.2, 0.25) is 0 Å². The van der Waals surface area contributed by atoms with Crippen molar-refractivity contribution in [3.05, 3.63) is 0 Å². The van der Waals surface area contributed by atoms with Gasteiger partial charge in [0.25, 0.3) is 0 Å². The summed E-state index contributed by atoms with van der Waals surface area (Å²) in [5.41, 5.74) is 5.45. The SMILES string of the molecule is CC(C)(C)OC(=O)NC1CC12CCC(NCCCCN)CC2. The van der Waals surface area contributed by atoms with Crippen LogP contribution >= 0.6 is 0 Å². The second kappa shape index (κ2) is 7.18. The lowest BCUT2D eigenvalue weighted by atomic mass is 9.82. The highest BCUT2D eigenvalue weighted by atomic mass is 16.6. The Balaban J connectivity index is 1.64. The summed E-state index contributed by atoms with van der Waals surface area (Å²) in [6, 6.07) is 0.965. The van der Waals surface area contributed by atoms with Crippen molar-refractivity contribution in [2.75, 3.05) is 13.1 Å². The third-order valence-electron chi connectivity index (χ3n) is 4.93. The van der Waals surface area contributed by atoms with E-state index in [2.05, 4.69) is 10.6 Å². The predicted molar refractivity (Wildman–Crippen MR) is 88.8 cm³/mol. The lowest BCUT2D eigenvalue weighted by molar-refractivity contribution is 0.0512. The van der Waals surface area contributed by atoms with Crippen LogP contribution < -0.4 is 16.4 Å². The fraction of sp³-hybridized carbons (Fsp3) is 0.941. The van der Waals surface area contributed by atoms with Crippen LogP contribution in [0.4, 0.5) is 4.79 Å². The van der Waals surface area contributed by atoms with Crippen LogP contribution in [0.2, 0.25) is 0 Å². The molecule has 0 aromatic heterocycles. The first kappa shape index (κ1) is 17.5. The Hall–Kier alpha value is -0.810. The number of unbranched alkanes of at least 4 members (excludes halogenated alkanes) is 1. The average Bonchev–Trinajstić information content (AvgIpc) is 3.07. The van der Waals surface area contributed by atoms with Crippen molar-refractivity contribution in [1.82, 2.24) is 10.6 Å². The molecule has 0 saturated heterocycles. The van der Waals surface area contributed by atoms with Crippen molar-refractivity contribution in [2.24, 2.45) is 11.1 Å². The molecule has 1 unspecified atom stereocenters. The third kappa shape index (κ3) is 5.13. The standard InChI is InChI=1S/C17H33N3O2/c1-16(2,3)22-15(21)20-14-12-17(14)8-6-13(7-9-17)19-11-5-4-10-18/h13-14,19H,4-12,18H2,1-3H3,(H,20,21). The molecular formula is C17H33N3O2. The van der Waals surface area contributed by atoms with Crippen LogP contribution in [0.5, 0.6) is 0 Å². The number of hydrogen-bond donors (Lipinski definition) is 3. The minimum atomic E-state index is -0.419. The van der Waals surface area contributed by atoms with Crippen molar-refractivity contribution in [2.45, 2.75) is 83.4 Å². The monoisotopic (exact) mass is 311 g/mol. The topological polar surface area (TPSA) is 76.4 Å². The molecule has 0 aliphatic heterocycles. The van der Waals surface area contributed by atoms with Crippen LogP contribution in [0.15, 0.2) is 0 Å². The number of carbonyl (C=O) groups is 1. The van der Waals surface area contributed by atoms with E-state index in [1.165, 1.54) is 32.1 Å². The van der Waals surface area contributed by atoms with Gasteiger partial charge in [-0.25, -0.2) is 4.79 Å².